The van der Waals surface area contributed by atoms with Crippen LogP contribution >= 0.6 is 0 Å². The second-order valence-electron chi connectivity index (χ2n) is 9.06. The highest BCUT2D eigenvalue weighted by atomic mass is 16.5. The van der Waals surface area contributed by atoms with Gasteiger partial charge in [0, 0.05) is 56.4 Å². The summed E-state index contributed by atoms with van der Waals surface area (Å²) in [6.45, 7) is 4.99. The minimum absolute atomic E-state index is 0.105. The van der Waals surface area contributed by atoms with Crippen LogP contribution in [0.1, 0.15) is 44.9 Å². The highest BCUT2D eigenvalue weighted by molar-refractivity contribution is 5.85. The van der Waals surface area contributed by atoms with Crippen LogP contribution in [-0.2, 0) is 4.74 Å². The van der Waals surface area contributed by atoms with E-state index in [9.17, 15) is 4.79 Å². The summed E-state index contributed by atoms with van der Waals surface area (Å²) in [4.78, 5) is 25.9. The molecule has 1 aromatic carbocycles. The van der Waals surface area contributed by atoms with Crippen molar-refractivity contribution in [3.8, 4) is 5.75 Å². The van der Waals surface area contributed by atoms with Crippen molar-refractivity contribution in [1.29, 1.82) is 0 Å². The maximum Gasteiger partial charge on any atom is 0.317 e. The van der Waals surface area contributed by atoms with Gasteiger partial charge in [-0.15, -0.1) is 0 Å². The summed E-state index contributed by atoms with van der Waals surface area (Å²) in [5.41, 5.74) is 2.78. The topological polar surface area (TPSA) is 79.8 Å². The molecule has 0 radical (unpaired) electrons. The number of morpholine rings is 1. The van der Waals surface area contributed by atoms with Crippen LogP contribution in [0.5, 0.6) is 5.75 Å². The summed E-state index contributed by atoms with van der Waals surface area (Å²) in [5.74, 6) is 0.804. The van der Waals surface area contributed by atoms with E-state index in [0.717, 1.165) is 100 Å². The van der Waals surface area contributed by atoms with Crippen LogP contribution in [0, 0.1) is 0 Å². The number of nitrogens with one attached hydrogen (secondary N) is 1. The lowest BCUT2D eigenvalue weighted by molar-refractivity contribution is 0.122. The molecule has 0 unspecified atom stereocenters. The van der Waals surface area contributed by atoms with E-state index in [1.165, 1.54) is 6.42 Å². The van der Waals surface area contributed by atoms with Gasteiger partial charge in [-0.05, 0) is 51.0 Å². The fourth-order valence-electron chi connectivity index (χ4n) is 4.99. The Morgan fingerprint density at radius 3 is 2.50 bits per heavy atom. The number of carbonyl (C=O) groups is 1. The molecule has 1 saturated carbocycles. The molecule has 2 saturated heterocycles. The van der Waals surface area contributed by atoms with Crippen LogP contribution in [0.25, 0.3) is 11.0 Å². The first-order valence-electron chi connectivity index (χ1n) is 12.1. The molecule has 2 amide bonds. The number of carbonyl (C=O) groups excluding carboxylic acids is 1. The lowest BCUT2D eigenvalue weighted by Gasteiger charge is -2.33. The number of ether oxygens (including phenoxy) is 2. The standard InChI is InChI=1S/C24H33N5O3/c30-24(29-10-2-1-3-11-29)27-18-4-6-20(7-5-18)32-22-17-19(28-12-14-31-15-13-28)16-21-23(22)26-9-8-25-21/h8-9,16-18,20H,1-7,10-15H2,(H,27,30)/t18-,20+. The first-order chi connectivity index (χ1) is 15.8. The fourth-order valence-corrected chi connectivity index (χ4v) is 4.99. The SMILES string of the molecule is O=C(N[C@H]1CC[C@@H](Oc2cc(N3CCOCC3)cc3nccnc23)CC1)N1CCCCC1. The molecule has 0 atom stereocenters. The Morgan fingerprint density at radius 1 is 0.969 bits per heavy atom. The number of likely N-dealkylation sites (tertiary alicyclic amines) is 1. The molecule has 8 nitrogen and oxygen atoms in total. The van der Waals surface area contributed by atoms with E-state index in [-0.39, 0.29) is 18.2 Å². The molecule has 2 aromatic rings. The van der Waals surface area contributed by atoms with Gasteiger partial charge in [0.15, 0.2) is 0 Å². The highest BCUT2D eigenvalue weighted by Crippen LogP contribution is 2.33. The van der Waals surface area contributed by atoms with Crippen LogP contribution in [0.15, 0.2) is 24.5 Å². The predicted octanol–water partition coefficient (Wildman–Crippen LogP) is 3.35. The van der Waals surface area contributed by atoms with Crippen LogP contribution < -0.4 is 15.0 Å². The summed E-state index contributed by atoms with van der Waals surface area (Å²) < 4.78 is 12.0. The zero-order valence-electron chi connectivity index (χ0n) is 18.7. The number of benzene rings is 1. The predicted molar refractivity (Wildman–Crippen MR) is 123 cm³/mol. The van der Waals surface area contributed by atoms with Gasteiger partial charge in [-0.1, -0.05) is 0 Å². The summed E-state index contributed by atoms with van der Waals surface area (Å²) in [6.07, 6.45) is 10.8. The number of nitrogens with zero attached hydrogens (tertiary/aromatic N) is 4. The zero-order valence-corrected chi connectivity index (χ0v) is 18.7. The van der Waals surface area contributed by atoms with Crippen molar-refractivity contribution in [1.82, 2.24) is 20.2 Å². The van der Waals surface area contributed by atoms with E-state index in [4.69, 9.17) is 9.47 Å². The van der Waals surface area contributed by atoms with Gasteiger partial charge in [-0.25, -0.2) is 9.78 Å². The maximum absolute atomic E-state index is 12.5. The van der Waals surface area contributed by atoms with Gasteiger partial charge in [-0.2, -0.15) is 0 Å². The number of urea groups is 1. The van der Waals surface area contributed by atoms with Gasteiger partial charge >= 0.3 is 6.03 Å². The van der Waals surface area contributed by atoms with Crippen LogP contribution in [0.3, 0.4) is 0 Å². The van der Waals surface area contributed by atoms with E-state index in [1.54, 1.807) is 12.4 Å². The molecule has 3 fully saturated rings. The van der Waals surface area contributed by atoms with Gasteiger partial charge in [0.25, 0.3) is 0 Å². The van der Waals surface area contributed by atoms with Gasteiger partial charge in [0.1, 0.15) is 11.3 Å². The summed E-state index contributed by atoms with van der Waals surface area (Å²) >= 11 is 0. The highest BCUT2D eigenvalue weighted by Gasteiger charge is 2.27. The molecule has 0 spiro atoms. The maximum atomic E-state index is 12.5. The van der Waals surface area contributed by atoms with Crippen molar-refractivity contribution in [2.75, 3.05) is 44.3 Å². The Balaban J connectivity index is 1.22. The Hall–Kier alpha value is -2.61. The van der Waals surface area contributed by atoms with Crippen molar-refractivity contribution in [2.24, 2.45) is 0 Å². The van der Waals surface area contributed by atoms with Crippen molar-refractivity contribution >= 4 is 22.8 Å². The molecule has 0 bridgehead atoms. The molecule has 1 aromatic heterocycles. The summed E-state index contributed by atoms with van der Waals surface area (Å²) in [6, 6.07) is 4.54. The first-order valence-corrected chi connectivity index (χ1v) is 12.1. The normalized spacial score (nSPS) is 24.4. The first kappa shape index (κ1) is 21.2. The Morgan fingerprint density at radius 2 is 1.72 bits per heavy atom. The largest absolute Gasteiger partial charge is 0.488 e. The number of anilines is 1. The van der Waals surface area contributed by atoms with E-state index in [0.29, 0.717) is 0 Å². The monoisotopic (exact) mass is 439 g/mol. The van der Waals surface area contributed by atoms with Gasteiger partial charge < -0.3 is 24.6 Å². The van der Waals surface area contributed by atoms with E-state index in [1.807, 2.05) is 4.90 Å². The molecule has 2 aliphatic heterocycles. The molecule has 5 rings (SSSR count). The van der Waals surface area contributed by atoms with Crippen LogP contribution in [0.4, 0.5) is 10.5 Å². The minimum Gasteiger partial charge on any atom is -0.488 e. The Kier molecular flexibility index (Phi) is 6.57. The molecule has 1 N–H and O–H groups in total. The molecule has 172 valence electrons. The lowest BCUT2D eigenvalue weighted by atomic mass is 9.93. The number of aromatic nitrogens is 2. The van der Waals surface area contributed by atoms with E-state index < -0.39 is 0 Å². The van der Waals surface area contributed by atoms with Crippen molar-refractivity contribution in [3.63, 3.8) is 0 Å². The second kappa shape index (κ2) is 9.90. The summed E-state index contributed by atoms with van der Waals surface area (Å²) in [5, 5.41) is 3.25. The average Bonchev–Trinajstić information content (AvgIpc) is 2.86. The van der Waals surface area contributed by atoms with Crippen molar-refractivity contribution in [2.45, 2.75) is 57.1 Å². The number of amides is 2. The average molecular weight is 440 g/mol. The number of hydrogen-bond donors (Lipinski definition) is 1. The van der Waals surface area contributed by atoms with Crippen LogP contribution in [0.2, 0.25) is 0 Å². The number of piperidine rings is 1. The lowest BCUT2D eigenvalue weighted by Crippen LogP contribution is -2.48. The Bertz CT molecular complexity index is 919. The molecule has 3 aliphatic rings. The smallest absolute Gasteiger partial charge is 0.317 e. The second-order valence-corrected chi connectivity index (χ2v) is 9.06. The van der Waals surface area contributed by atoms with Crippen molar-refractivity contribution in [3.05, 3.63) is 24.5 Å². The number of fused-ring (bicyclic) bond motifs is 1. The van der Waals surface area contributed by atoms with Gasteiger partial charge in [-0.3, -0.25) is 4.98 Å². The van der Waals surface area contributed by atoms with Crippen LogP contribution in [-0.4, -0.2) is 72.4 Å². The summed E-state index contributed by atoms with van der Waals surface area (Å²) in [7, 11) is 0. The van der Waals surface area contributed by atoms with Gasteiger partial charge in [0.05, 0.1) is 24.8 Å². The molecule has 3 heterocycles. The third-order valence-corrected chi connectivity index (χ3v) is 6.84. The zero-order chi connectivity index (χ0) is 21.8. The fraction of sp³-hybridized carbons (Fsp3) is 0.625. The Labute approximate surface area is 189 Å². The quantitative estimate of drug-likeness (QED) is 0.787. The number of hydrogen-bond acceptors (Lipinski definition) is 6. The molecular weight excluding hydrogens is 406 g/mol. The third-order valence-electron chi connectivity index (χ3n) is 6.84. The third kappa shape index (κ3) is 4.90. The van der Waals surface area contributed by atoms with E-state index in [2.05, 4.69) is 32.3 Å². The molecule has 1 aliphatic carbocycles. The minimum atomic E-state index is 0.105. The molecular formula is C24H33N5O3. The molecule has 32 heavy (non-hydrogen) atoms. The number of rotatable bonds is 4. The van der Waals surface area contributed by atoms with Gasteiger partial charge in [0.2, 0.25) is 0 Å². The molecule has 8 heteroatoms. The van der Waals surface area contributed by atoms with E-state index >= 15 is 0 Å². The van der Waals surface area contributed by atoms with Crippen molar-refractivity contribution < 1.29 is 14.3 Å².